The Labute approximate surface area is 123 Å². The van der Waals surface area contributed by atoms with Gasteiger partial charge in [-0.1, -0.05) is 59.6 Å². The number of rotatable bonds is 5. The van der Waals surface area contributed by atoms with Gasteiger partial charge in [0.2, 0.25) is 0 Å². The summed E-state index contributed by atoms with van der Waals surface area (Å²) in [6.45, 7) is 2.49. The maximum atomic E-state index is 11.4. The molecule has 104 valence electrons. The van der Waals surface area contributed by atoms with E-state index < -0.39 is 12.0 Å². The Balaban J connectivity index is 2.13. The highest BCUT2D eigenvalue weighted by atomic mass is 35.5. The molecule has 0 aliphatic rings. The summed E-state index contributed by atoms with van der Waals surface area (Å²) >= 11 is 6.06. The van der Waals surface area contributed by atoms with Crippen molar-refractivity contribution in [3.05, 3.63) is 70.2 Å². The van der Waals surface area contributed by atoms with Crippen LogP contribution in [0.25, 0.3) is 0 Å². The van der Waals surface area contributed by atoms with Crippen molar-refractivity contribution in [1.29, 1.82) is 0 Å². The molecule has 0 aliphatic carbocycles. The highest BCUT2D eigenvalue weighted by Crippen LogP contribution is 2.23. The van der Waals surface area contributed by atoms with E-state index in [1.807, 2.05) is 31.2 Å². The molecule has 0 fully saturated rings. The Hall–Kier alpha value is -1.84. The van der Waals surface area contributed by atoms with Crippen molar-refractivity contribution < 1.29 is 9.90 Å². The summed E-state index contributed by atoms with van der Waals surface area (Å²) in [6.07, 6.45) is 0. The van der Waals surface area contributed by atoms with Gasteiger partial charge in [-0.05, 0) is 24.1 Å². The number of aliphatic carboxylic acids is 1. The van der Waals surface area contributed by atoms with Crippen LogP contribution in [-0.2, 0) is 11.3 Å². The smallest absolute Gasteiger partial charge is 0.325 e. The third kappa shape index (κ3) is 3.59. The lowest BCUT2D eigenvalue weighted by Gasteiger charge is -2.16. The molecule has 0 saturated carbocycles. The van der Waals surface area contributed by atoms with Crippen LogP contribution < -0.4 is 5.32 Å². The van der Waals surface area contributed by atoms with Crippen LogP contribution in [0.5, 0.6) is 0 Å². The van der Waals surface area contributed by atoms with Gasteiger partial charge in [-0.3, -0.25) is 10.1 Å². The standard InChI is InChI=1S/C16H16ClNO2/c1-11-6-8-12(9-7-11)10-18-15(16(19)20)13-4-2-3-5-14(13)17/h2-9,15,18H,10H2,1H3,(H,19,20). The molecule has 0 radical (unpaired) electrons. The van der Waals surface area contributed by atoms with E-state index in [1.54, 1.807) is 24.3 Å². The van der Waals surface area contributed by atoms with E-state index in [0.717, 1.165) is 5.56 Å². The number of hydrogen-bond donors (Lipinski definition) is 2. The first kappa shape index (κ1) is 14.6. The maximum Gasteiger partial charge on any atom is 0.325 e. The minimum atomic E-state index is -0.940. The fourth-order valence-corrected chi connectivity index (χ4v) is 2.21. The average Bonchev–Trinajstić information content (AvgIpc) is 2.42. The summed E-state index contributed by atoms with van der Waals surface area (Å²) in [5.74, 6) is -0.940. The van der Waals surface area contributed by atoms with Gasteiger partial charge in [0.15, 0.2) is 0 Å². The molecule has 2 aromatic rings. The predicted octanol–water partition coefficient (Wildman–Crippen LogP) is 3.56. The molecule has 2 rings (SSSR count). The quantitative estimate of drug-likeness (QED) is 0.885. The third-order valence-electron chi connectivity index (χ3n) is 3.09. The second kappa shape index (κ2) is 6.55. The van der Waals surface area contributed by atoms with E-state index in [9.17, 15) is 9.90 Å². The predicted molar refractivity (Wildman–Crippen MR) is 79.8 cm³/mol. The molecular weight excluding hydrogens is 274 g/mol. The summed E-state index contributed by atoms with van der Waals surface area (Å²) in [6, 6.07) is 14.1. The maximum absolute atomic E-state index is 11.4. The van der Waals surface area contributed by atoms with Crippen molar-refractivity contribution in [2.24, 2.45) is 0 Å². The van der Waals surface area contributed by atoms with E-state index in [1.165, 1.54) is 5.56 Å². The van der Waals surface area contributed by atoms with E-state index in [0.29, 0.717) is 17.1 Å². The Bertz CT molecular complexity index is 596. The van der Waals surface area contributed by atoms with Gasteiger partial charge in [0.1, 0.15) is 6.04 Å². The number of carboxylic acids is 1. The number of benzene rings is 2. The third-order valence-corrected chi connectivity index (χ3v) is 3.44. The zero-order valence-electron chi connectivity index (χ0n) is 11.1. The zero-order chi connectivity index (χ0) is 14.5. The molecule has 3 nitrogen and oxygen atoms in total. The number of carboxylic acid groups (broad SMARTS) is 1. The number of carbonyl (C=O) groups is 1. The Morgan fingerprint density at radius 1 is 1.20 bits per heavy atom. The monoisotopic (exact) mass is 289 g/mol. The van der Waals surface area contributed by atoms with E-state index in [2.05, 4.69) is 5.32 Å². The van der Waals surface area contributed by atoms with Gasteiger partial charge in [-0.15, -0.1) is 0 Å². The fourth-order valence-electron chi connectivity index (χ4n) is 1.97. The van der Waals surface area contributed by atoms with Gasteiger partial charge in [0.25, 0.3) is 0 Å². The van der Waals surface area contributed by atoms with Gasteiger partial charge >= 0.3 is 5.97 Å². The van der Waals surface area contributed by atoms with Gasteiger partial charge in [-0.2, -0.15) is 0 Å². The molecule has 1 unspecified atom stereocenters. The van der Waals surface area contributed by atoms with Crippen molar-refractivity contribution in [3.63, 3.8) is 0 Å². The molecule has 0 aromatic heterocycles. The molecule has 0 heterocycles. The Morgan fingerprint density at radius 2 is 1.85 bits per heavy atom. The highest BCUT2D eigenvalue weighted by Gasteiger charge is 2.21. The molecule has 0 spiro atoms. The van der Waals surface area contributed by atoms with Crippen LogP contribution in [0.1, 0.15) is 22.7 Å². The Kier molecular flexibility index (Phi) is 4.77. The normalized spacial score (nSPS) is 12.1. The van der Waals surface area contributed by atoms with Crippen molar-refractivity contribution >= 4 is 17.6 Å². The van der Waals surface area contributed by atoms with Gasteiger partial charge in [0.05, 0.1) is 0 Å². The summed E-state index contributed by atoms with van der Waals surface area (Å²) in [4.78, 5) is 11.4. The first-order valence-electron chi connectivity index (χ1n) is 6.34. The molecule has 2 N–H and O–H groups in total. The molecule has 0 aliphatic heterocycles. The minimum Gasteiger partial charge on any atom is -0.480 e. The Morgan fingerprint density at radius 3 is 2.45 bits per heavy atom. The first-order valence-corrected chi connectivity index (χ1v) is 6.72. The van der Waals surface area contributed by atoms with Gasteiger partial charge in [0, 0.05) is 11.6 Å². The van der Waals surface area contributed by atoms with Crippen LogP contribution in [0.3, 0.4) is 0 Å². The van der Waals surface area contributed by atoms with Gasteiger partial charge < -0.3 is 5.11 Å². The van der Waals surface area contributed by atoms with Crippen molar-refractivity contribution in [2.45, 2.75) is 19.5 Å². The first-order chi connectivity index (χ1) is 9.58. The van der Waals surface area contributed by atoms with E-state index in [4.69, 9.17) is 11.6 Å². The lowest BCUT2D eigenvalue weighted by Crippen LogP contribution is -2.28. The topological polar surface area (TPSA) is 49.3 Å². The highest BCUT2D eigenvalue weighted by molar-refractivity contribution is 6.31. The number of hydrogen-bond acceptors (Lipinski definition) is 2. The summed E-state index contributed by atoms with van der Waals surface area (Å²) < 4.78 is 0. The zero-order valence-corrected chi connectivity index (χ0v) is 11.9. The summed E-state index contributed by atoms with van der Waals surface area (Å²) in [5, 5.41) is 12.8. The minimum absolute atomic E-state index is 0.455. The van der Waals surface area contributed by atoms with Crippen molar-refractivity contribution in [3.8, 4) is 0 Å². The largest absolute Gasteiger partial charge is 0.480 e. The van der Waals surface area contributed by atoms with E-state index in [-0.39, 0.29) is 0 Å². The molecule has 0 bridgehead atoms. The summed E-state index contributed by atoms with van der Waals surface area (Å²) in [5.41, 5.74) is 2.79. The van der Waals surface area contributed by atoms with Crippen LogP contribution in [-0.4, -0.2) is 11.1 Å². The lowest BCUT2D eigenvalue weighted by atomic mass is 10.1. The lowest BCUT2D eigenvalue weighted by molar-refractivity contribution is -0.139. The number of aryl methyl sites for hydroxylation is 1. The van der Waals surface area contributed by atoms with Crippen molar-refractivity contribution in [2.75, 3.05) is 0 Å². The second-order valence-electron chi connectivity index (χ2n) is 4.66. The van der Waals surface area contributed by atoms with Crippen molar-refractivity contribution in [1.82, 2.24) is 5.32 Å². The number of halogens is 1. The molecule has 2 aromatic carbocycles. The summed E-state index contributed by atoms with van der Waals surface area (Å²) in [7, 11) is 0. The molecular formula is C16H16ClNO2. The molecule has 4 heteroatoms. The van der Waals surface area contributed by atoms with Crippen LogP contribution in [0, 0.1) is 6.92 Å². The second-order valence-corrected chi connectivity index (χ2v) is 5.07. The SMILES string of the molecule is Cc1ccc(CNC(C(=O)O)c2ccccc2Cl)cc1. The molecule has 1 atom stereocenters. The molecule has 20 heavy (non-hydrogen) atoms. The molecule has 0 amide bonds. The fraction of sp³-hybridized carbons (Fsp3) is 0.188. The molecule has 0 saturated heterocycles. The van der Waals surface area contributed by atoms with Crippen LogP contribution in [0.4, 0.5) is 0 Å². The number of nitrogens with one attached hydrogen (secondary N) is 1. The van der Waals surface area contributed by atoms with Crippen LogP contribution in [0.2, 0.25) is 5.02 Å². The van der Waals surface area contributed by atoms with Crippen LogP contribution in [0.15, 0.2) is 48.5 Å². The van der Waals surface area contributed by atoms with E-state index >= 15 is 0 Å². The average molecular weight is 290 g/mol. The van der Waals surface area contributed by atoms with Crippen LogP contribution >= 0.6 is 11.6 Å². The van der Waals surface area contributed by atoms with Gasteiger partial charge in [-0.25, -0.2) is 0 Å².